The average Bonchev–Trinajstić information content (AvgIpc) is 2.92. The van der Waals surface area contributed by atoms with Gasteiger partial charge in [0.15, 0.2) is 0 Å². The summed E-state index contributed by atoms with van der Waals surface area (Å²) in [6, 6.07) is 6.94. The van der Waals surface area contributed by atoms with Gasteiger partial charge in [0.2, 0.25) is 10.0 Å². The summed E-state index contributed by atoms with van der Waals surface area (Å²) in [5.41, 5.74) is 7.23. The maximum Gasteiger partial charge on any atom is 0.216 e. The second-order valence-electron chi connectivity index (χ2n) is 4.49. The molecule has 5 nitrogen and oxygen atoms in total. The number of nitrogens with one attached hydrogen (secondary N) is 1. The van der Waals surface area contributed by atoms with Gasteiger partial charge in [-0.05, 0) is 18.1 Å². The van der Waals surface area contributed by atoms with Crippen molar-refractivity contribution in [3.05, 3.63) is 52.0 Å². The van der Waals surface area contributed by atoms with Gasteiger partial charge in [-0.2, -0.15) is 0 Å². The van der Waals surface area contributed by atoms with Crippen LogP contribution in [0.3, 0.4) is 0 Å². The van der Waals surface area contributed by atoms with Gasteiger partial charge in [-0.3, -0.25) is 0 Å². The van der Waals surface area contributed by atoms with Gasteiger partial charge in [-0.25, -0.2) is 18.1 Å². The number of sulfonamides is 1. The van der Waals surface area contributed by atoms with Gasteiger partial charge in [-0.1, -0.05) is 24.3 Å². The van der Waals surface area contributed by atoms with Crippen molar-refractivity contribution in [2.75, 3.05) is 0 Å². The van der Waals surface area contributed by atoms with E-state index >= 15 is 0 Å². The van der Waals surface area contributed by atoms with E-state index in [-0.39, 0.29) is 11.8 Å². The molecule has 108 valence electrons. The third kappa shape index (κ3) is 4.11. The molecule has 2 rings (SSSR count). The molecule has 1 aromatic carbocycles. The van der Waals surface area contributed by atoms with Crippen LogP contribution in [0.5, 0.6) is 0 Å². The van der Waals surface area contributed by atoms with E-state index in [1.165, 1.54) is 11.3 Å². The first-order valence-electron chi connectivity index (χ1n) is 6.17. The van der Waals surface area contributed by atoms with E-state index in [1.54, 1.807) is 25.3 Å². The molecule has 3 N–H and O–H groups in total. The minimum Gasteiger partial charge on any atom is -0.326 e. The SMILES string of the molecule is CC(NS(=O)(=O)Cc1ccc(CN)cc1)c1nccs1. The molecule has 0 radical (unpaired) electrons. The van der Waals surface area contributed by atoms with E-state index in [0.717, 1.165) is 16.1 Å². The van der Waals surface area contributed by atoms with Crippen LogP contribution in [-0.2, 0) is 22.3 Å². The lowest BCUT2D eigenvalue weighted by molar-refractivity contribution is 0.565. The number of thiazole rings is 1. The summed E-state index contributed by atoms with van der Waals surface area (Å²) < 4.78 is 26.8. The zero-order valence-electron chi connectivity index (χ0n) is 11.1. The summed E-state index contributed by atoms with van der Waals surface area (Å²) >= 11 is 1.43. The molecule has 0 bridgehead atoms. The predicted molar refractivity (Wildman–Crippen MR) is 80.6 cm³/mol. The lowest BCUT2D eigenvalue weighted by Crippen LogP contribution is -2.28. The molecule has 1 heterocycles. The van der Waals surface area contributed by atoms with Crippen molar-refractivity contribution < 1.29 is 8.42 Å². The minimum atomic E-state index is -3.39. The molecule has 1 aromatic heterocycles. The quantitative estimate of drug-likeness (QED) is 0.851. The highest BCUT2D eigenvalue weighted by Crippen LogP contribution is 2.17. The fraction of sp³-hybridized carbons (Fsp3) is 0.308. The molecule has 0 aliphatic carbocycles. The van der Waals surface area contributed by atoms with E-state index in [2.05, 4.69) is 9.71 Å². The summed E-state index contributed by atoms with van der Waals surface area (Å²) in [5, 5.41) is 2.58. The lowest BCUT2D eigenvalue weighted by Gasteiger charge is -2.12. The number of benzene rings is 1. The molecule has 0 amide bonds. The molecule has 0 saturated carbocycles. The Balaban J connectivity index is 2.03. The number of hydrogen-bond acceptors (Lipinski definition) is 5. The third-order valence-corrected chi connectivity index (χ3v) is 5.18. The molecule has 0 saturated heterocycles. The first-order valence-corrected chi connectivity index (χ1v) is 8.70. The highest BCUT2D eigenvalue weighted by atomic mass is 32.2. The third-order valence-electron chi connectivity index (χ3n) is 2.79. The smallest absolute Gasteiger partial charge is 0.216 e. The number of nitrogens with zero attached hydrogens (tertiary/aromatic N) is 1. The van der Waals surface area contributed by atoms with Crippen LogP contribution in [0.1, 0.15) is 29.1 Å². The molecule has 1 atom stereocenters. The second-order valence-corrected chi connectivity index (χ2v) is 7.17. The number of aromatic nitrogens is 1. The first kappa shape index (κ1) is 15.1. The minimum absolute atomic E-state index is 0.0480. The molecule has 0 aliphatic rings. The largest absolute Gasteiger partial charge is 0.326 e. The Labute approximate surface area is 122 Å². The molecule has 0 fully saturated rings. The fourth-order valence-corrected chi connectivity index (χ4v) is 3.89. The summed E-state index contributed by atoms with van der Waals surface area (Å²) in [6.07, 6.45) is 1.66. The summed E-state index contributed by atoms with van der Waals surface area (Å²) in [7, 11) is -3.39. The molecule has 1 unspecified atom stereocenters. The number of rotatable bonds is 6. The molecular formula is C13H17N3O2S2. The normalized spacial score (nSPS) is 13.3. The standard InChI is InChI=1S/C13H17N3O2S2/c1-10(13-15-6-7-19-13)16-20(17,18)9-12-4-2-11(8-14)3-5-12/h2-7,10,16H,8-9,14H2,1H3. The van der Waals surface area contributed by atoms with Gasteiger partial charge >= 0.3 is 0 Å². The summed E-state index contributed by atoms with van der Waals surface area (Å²) in [5.74, 6) is -0.0480. The van der Waals surface area contributed by atoms with Gasteiger partial charge in [0.25, 0.3) is 0 Å². The van der Waals surface area contributed by atoms with Crippen LogP contribution in [0.15, 0.2) is 35.8 Å². The molecular weight excluding hydrogens is 294 g/mol. The maximum atomic E-state index is 12.1. The van der Waals surface area contributed by atoms with Crippen molar-refractivity contribution in [1.29, 1.82) is 0 Å². The lowest BCUT2D eigenvalue weighted by atomic mass is 10.1. The monoisotopic (exact) mass is 311 g/mol. The Morgan fingerprint density at radius 3 is 2.50 bits per heavy atom. The number of nitrogens with two attached hydrogens (primary N) is 1. The first-order chi connectivity index (χ1) is 9.50. The van der Waals surface area contributed by atoms with Gasteiger partial charge in [0.1, 0.15) is 5.01 Å². The summed E-state index contributed by atoms with van der Waals surface area (Å²) in [6.45, 7) is 2.24. The maximum absolute atomic E-state index is 12.1. The topological polar surface area (TPSA) is 85.1 Å². The Hall–Kier alpha value is -1.28. The van der Waals surface area contributed by atoms with Gasteiger partial charge in [0, 0.05) is 18.1 Å². The van der Waals surface area contributed by atoms with Crippen molar-refractivity contribution >= 4 is 21.4 Å². The van der Waals surface area contributed by atoms with Crippen molar-refractivity contribution in [3.8, 4) is 0 Å². The van der Waals surface area contributed by atoms with Crippen molar-refractivity contribution in [2.24, 2.45) is 5.73 Å². The molecule has 20 heavy (non-hydrogen) atoms. The van der Waals surface area contributed by atoms with Crippen molar-refractivity contribution in [2.45, 2.75) is 25.3 Å². The van der Waals surface area contributed by atoms with Crippen LogP contribution < -0.4 is 10.5 Å². The highest BCUT2D eigenvalue weighted by Gasteiger charge is 2.17. The highest BCUT2D eigenvalue weighted by molar-refractivity contribution is 7.88. The fourth-order valence-electron chi connectivity index (χ4n) is 1.80. The van der Waals surface area contributed by atoms with Crippen LogP contribution in [0.4, 0.5) is 0 Å². The zero-order valence-corrected chi connectivity index (χ0v) is 12.7. The van der Waals surface area contributed by atoms with E-state index in [9.17, 15) is 8.42 Å². The Bertz CT molecular complexity index is 637. The van der Waals surface area contributed by atoms with Crippen LogP contribution in [-0.4, -0.2) is 13.4 Å². The predicted octanol–water partition coefficient (Wildman–Crippen LogP) is 1.78. The Kier molecular flexibility index (Phi) is 4.87. The van der Waals surface area contributed by atoms with Gasteiger partial charge in [-0.15, -0.1) is 11.3 Å². The van der Waals surface area contributed by atoms with Crippen LogP contribution in [0.2, 0.25) is 0 Å². The van der Waals surface area contributed by atoms with E-state index in [1.807, 2.05) is 17.5 Å². The van der Waals surface area contributed by atoms with E-state index in [4.69, 9.17) is 5.73 Å². The van der Waals surface area contributed by atoms with Crippen LogP contribution >= 0.6 is 11.3 Å². The number of hydrogen-bond donors (Lipinski definition) is 2. The molecule has 7 heteroatoms. The second kappa shape index (κ2) is 6.45. The Morgan fingerprint density at radius 1 is 1.30 bits per heavy atom. The molecule has 0 aliphatic heterocycles. The van der Waals surface area contributed by atoms with Gasteiger partial charge < -0.3 is 5.73 Å². The Morgan fingerprint density at radius 2 is 1.95 bits per heavy atom. The van der Waals surface area contributed by atoms with Gasteiger partial charge in [0.05, 0.1) is 11.8 Å². The van der Waals surface area contributed by atoms with Crippen LogP contribution in [0.25, 0.3) is 0 Å². The van der Waals surface area contributed by atoms with Crippen molar-refractivity contribution in [1.82, 2.24) is 9.71 Å². The summed E-state index contributed by atoms with van der Waals surface area (Å²) in [4.78, 5) is 4.11. The zero-order chi connectivity index (χ0) is 14.6. The molecule has 0 spiro atoms. The van der Waals surface area contributed by atoms with Crippen molar-refractivity contribution in [3.63, 3.8) is 0 Å². The van der Waals surface area contributed by atoms with E-state index < -0.39 is 10.0 Å². The molecule has 2 aromatic rings. The average molecular weight is 311 g/mol. The van der Waals surface area contributed by atoms with Crippen LogP contribution in [0, 0.1) is 0 Å². The van der Waals surface area contributed by atoms with E-state index in [0.29, 0.717) is 6.54 Å².